The molecule has 3 atom stereocenters. The van der Waals surface area contributed by atoms with Crippen LogP contribution in [0.1, 0.15) is 76.8 Å². The molecule has 2 aromatic rings. The van der Waals surface area contributed by atoms with Gasteiger partial charge < -0.3 is 10.2 Å². The molecule has 0 saturated heterocycles. The molecule has 0 radical (unpaired) electrons. The first kappa shape index (κ1) is 20.5. The number of nitrogens with zero attached hydrogens (tertiary/aromatic N) is 2. The van der Waals surface area contributed by atoms with E-state index in [0.29, 0.717) is 48.6 Å². The first-order valence-corrected chi connectivity index (χ1v) is 11.3. The summed E-state index contributed by atoms with van der Waals surface area (Å²) in [5.74, 6) is -1.32. The quantitative estimate of drug-likeness (QED) is 0.698. The smallest absolute Gasteiger partial charge is 0.306 e. The van der Waals surface area contributed by atoms with Crippen LogP contribution in [0.3, 0.4) is 0 Å². The van der Waals surface area contributed by atoms with Crippen molar-refractivity contribution < 1.29 is 19.8 Å². The van der Waals surface area contributed by atoms with Crippen LogP contribution in [0.4, 0.5) is 0 Å². The van der Waals surface area contributed by atoms with E-state index >= 15 is 0 Å². The molecule has 0 spiro atoms. The zero-order valence-electron chi connectivity index (χ0n) is 17.1. The van der Waals surface area contributed by atoms with Crippen molar-refractivity contribution in [2.24, 2.45) is 5.92 Å². The minimum atomic E-state index is -0.806. The molecule has 1 aromatic carbocycles. The molecule has 2 N–H and O–H groups in total. The minimum absolute atomic E-state index is 0.151. The van der Waals surface area contributed by atoms with Crippen molar-refractivity contribution >= 4 is 23.5 Å². The molecule has 6 nitrogen and oxygen atoms in total. The molecular weight excluding hydrogens is 416 g/mol. The number of carbonyl (C=O) groups excluding carboxylic acids is 1. The number of halogens is 1. The highest BCUT2D eigenvalue weighted by atomic mass is 35.5. The van der Waals surface area contributed by atoms with Gasteiger partial charge in [0.2, 0.25) is 0 Å². The third-order valence-electron chi connectivity index (χ3n) is 6.77. The van der Waals surface area contributed by atoms with E-state index in [4.69, 9.17) is 16.7 Å². The van der Waals surface area contributed by atoms with E-state index in [9.17, 15) is 19.8 Å². The van der Waals surface area contributed by atoms with Crippen LogP contribution in [0.25, 0.3) is 0 Å². The summed E-state index contributed by atoms with van der Waals surface area (Å²) in [7, 11) is 0. The minimum Gasteiger partial charge on any atom is -0.481 e. The maximum absolute atomic E-state index is 13.7. The molecule has 1 fully saturated rings. The summed E-state index contributed by atoms with van der Waals surface area (Å²) in [4.78, 5) is 25.2. The molecule has 31 heavy (non-hydrogen) atoms. The third kappa shape index (κ3) is 3.72. The van der Waals surface area contributed by atoms with Gasteiger partial charge in [-0.05, 0) is 61.6 Å². The Hall–Kier alpha value is -2.44. The van der Waals surface area contributed by atoms with E-state index in [1.54, 1.807) is 6.07 Å². The van der Waals surface area contributed by atoms with Crippen molar-refractivity contribution in [3.8, 4) is 0 Å². The number of allylic oxidation sites excluding steroid dienone is 2. The second-order valence-electron chi connectivity index (χ2n) is 8.94. The monoisotopic (exact) mass is 440 g/mol. The summed E-state index contributed by atoms with van der Waals surface area (Å²) < 4.78 is 1.43. The summed E-state index contributed by atoms with van der Waals surface area (Å²) in [6.45, 7) is 0. The lowest BCUT2D eigenvalue weighted by atomic mass is 9.81. The fraction of sp³-hybridized carbons (Fsp3) is 0.458. The van der Waals surface area contributed by atoms with Crippen LogP contribution in [0.2, 0.25) is 5.02 Å². The first-order chi connectivity index (χ1) is 14.9. The Labute approximate surface area is 185 Å². The molecular formula is C24H25ClN2O4. The number of benzene rings is 1. The van der Waals surface area contributed by atoms with Gasteiger partial charge in [-0.3, -0.25) is 9.59 Å². The number of aliphatic carboxylic acids is 1. The third-order valence-corrected chi connectivity index (χ3v) is 7.09. The molecule has 3 aliphatic rings. The van der Waals surface area contributed by atoms with Crippen molar-refractivity contribution in [1.29, 1.82) is 0 Å². The maximum Gasteiger partial charge on any atom is 0.306 e. The molecule has 0 aliphatic heterocycles. The Bertz CT molecular complexity index is 1090. The standard InChI is InChI=1S/C24H25ClN2O4/c25-19-6-2-5-17(13-7-8-13)21(19)23(29)27-20-12-16(28)9-10-18(20)22(26-27)14-3-1-4-15(11-14)24(30)31/h1-3,5-6,13-16,28H,4,7-12H2,(H,30,31). The molecule has 1 aromatic heterocycles. The Morgan fingerprint density at radius 3 is 2.74 bits per heavy atom. The second-order valence-corrected chi connectivity index (χ2v) is 9.35. The second kappa shape index (κ2) is 7.92. The Balaban J connectivity index is 1.59. The molecule has 7 heteroatoms. The highest BCUT2D eigenvalue weighted by Gasteiger charge is 2.35. The summed E-state index contributed by atoms with van der Waals surface area (Å²) in [5, 5.41) is 24.9. The summed E-state index contributed by atoms with van der Waals surface area (Å²) in [5.41, 5.74) is 3.91. The lowest BCUT2D eigenvalue weighted by Crippen LogP contribution is -2.25. The molecule has 1 heterocycles. The molecule has 5 rings (SSSR count). The average Bonchev–Trinajstić information content (AvgIpc) is 3.54. The summed E-state index contributed by atoms with van der Waals surface area (Å²) in [6.07, 6.45) is 8.04. The van der Waals surface area contributed by atoms with Crippen LogP contribution in [0.5, 0.6) is 0 Å². The predicted molar refractivity (Wildman–Crippen MR) is 116 cm³/mol. The van der Waals surface area contributed by atoms with Gasteiger partial charge in [0.05, 0.1) is 34.0 Å². The number of aliphatic hydroxyl groups is 1. The van der Waals surface area contributed by atoms with Gasteiger partial charge >= 0.3 is 5.97 Å². The van der Waals surface area contributed by atoms with E-state index in [1.165, 1.54) is 4.68 Å². The van der Waals surface area contributed by atoms with E-state index in [1.807, 2.05) is 24.3 Å². The van der Waals surface area contributed by atoms with E-state index in [-0.39, 0.29) is 11.8 Å². The summed E-state index contributed by atoms with van der Waals surface area (Å²) >= 11 is 6.48. The zero-order chi connectivity index (χ0) is 21.7. The molecule has 3 aliphatic carbocycles. The SMILES string of the molecule is O=C(O)C1CC=CC(c2nn(C(=O)c3c(Cl)cccc3C3CC3)c3c2CCC(O)C3)C1. The van der Waals surface area contributed by atoms with E-state index in [2.05, 4.69) is 0 Å². The lowest BCUT2D eigenvalue weighted by Gasteiger charge is -2.23. The van der Waals surface area contributed by atoms with Gasteiger partial charge in [0.15, 0.2) is 0 Å². The van der Waals surface area contributed by atoms with E-state index < -0.39 is 18.0 Å². The topological polar surface area (TPSA) is 92.4 Å². The van der Waals surface area contributed by atoms with Crippen molar-refractivity contribution in [1.82, 2.24) is 9.78 Å². The molecule has 0 bridgehead atoms. The van der Waals surface area contributed by atoms with Gasteiger partial charge in [-0.2, -0.15) is 5.10 Å². The van der Waals surface area contributed by atoms with Crippen LogP contribution < -0.4 is 0 Å². The predicted octanol–water partition coefficient (Wildman–Crippen LogP) is 4.09. The van der Waals surface area contributed by atoms with Gasteiger partial charge in [0.1, 0.15) is 0 Å². The van der Waals surface area contributed by atoms with Gasteiger partial charge in [-0.15, -0.1) is 0 Å². The van der Waals surface area contributed by atoms with Gasteiger partial charge in [-0.25, -0.2) is 4.68 Å². The highest BCUT2D eigenvalue weighted by molar-refractivity contribution is 6.34. The molecule has 0 amide bonds. The van der Waals surface area contributed by atoms with Gasteiger partial charge in [0.25, 0.3) is 5.91 Å². The zero-order valence-corrected chi connectivity index (χ0v) is 17.9. The fourth-order valence-electron chi connectivity index (χ4n) is 4.99. The van der Waals surface area contributed by atoms with Gasteiger partial charge in [-0.1, -0.05) is 35.9 Å². The van der Waals surface area contributed by atoms with Crippen molar-refractivity contribution in [3.05, 3.63) is 63.5 Å². The average molecular weight is 441 g/mol. The molecule has 3 unspecified atom stereocenters. The number of carboxylic acid groups (broad SMARTS) is 1. The lowest BCUT2D eigenvalue weighted by molar-refractivity contribution is -0.142. The van der Waals surface area contributed by atoms with Crippen LogP contribution >= 0.6 is 11.6 Å². The highest BCUT2D eigenvalue weighted by Crippen LogP contribution is 2.44. The van der Waals surface area contributed by atoms with Crippen molar-refractivity contribution in [2.45, 2.75) is 62.9 Å². The number of hydrogen-bond acceptors (Lipinski definition) is 4. The van der Waals surface area contributed by atoms with Crippen LogP contribution in [0.15, 0.2) is 30.4 Å². The Morgan fingerprint density at radius 1 is 1.19 bits per heavy atom. The van der Waals surface area contributed by atoms with Crippen molar-refractivity contribution in [3.63, 3.8) is 0 Å². The van der Waals surface area contributed by atoms with Crippen molar-refractivity contribution in [2.75, 3.05) is 0 Å². The fourth-order valence-corrected chi connectivity index (χ4v) is 5.25. The Morgan fingerprint density at radius 2 is 2.00 bits per heavy atom. The van der Waals surface area contributed by atoms with Gasteiger partial charge in [0, 0.05) is 12.3 Å². The number of fused-ring (bicyclic) bond motifs is 1. The largest absolute Gasteiger partial charge is 0.481 e. The normalized spacial score (nSPS) is 25.3. The van der Waals surface area contributed by atoms with Crippen LogP contribution in [-0.4, -0.2) is 38.0 Å². The molecule has 1 saturated carbocycles. The number of carbonyl (C=O) groups is 2. The number of rotatable bonds is 4. The van der Waals surface area contributed by atoms with Crippen LogP contribution in [-0.2, 0) is 17.6 Å². The Kier molecular flexibility index (Phi) is 5.22. The van der Waals surface area contributed by atoms with E-state index in [0.717, 1.165) is 35.4 Å². The first-order valence-electron chi connectivity index (χ1n) is 10.9. The van der Waals surface area contributed by atoms with Crippen LogP contribution in [0, 0.1) is 5.92 Å². The summed E-state index contributed by atoms with van der Waals surface area (Å²) in [6, 6.07) is 5.57. The molecule has 162 valence electrons. The number of hydrogen-bond donors (Lipinski definition) is 2. The maximum atomic E-state index is 13.7. The number of carboxylic acids is 1. The number of aromatic nitrogens is 2. The number of aliphatic hydroxyl groups excluding tert-OH is 1.